The van der Waals surface area contributed by atoms with Crippen molar-refractivity contribution in [3.8, 4) is 55.6 Å². The zero-order chi connectivity index (χ0) is 41.7. The number of benzene rings is 10. The molecule has 63 heavy (non-hydrogen) atoms. The van der Waals surface area contributed by atoms with Crippen LogP contribution in [0.25, 0.3) is 99.5 Å². The number of para-hydroxylation sites is 4. The molecule has 0 spiro atoms. The van der Waals surface area contributed by atoms with Gasteiger partial charge in [0.1, 0.15) is 22.3 Å². The van der Waals surface area contributed by atoms with E-state index in [1.807, 2.05) is 12.1 Å². The van der Waals surface area contributed by atoms with E-state index >= 15 is 0 Å². The second kappa shape index (κ2) is 15.3. The molecule has 296 valence electrons. The van der Waals surface area contributed by atoms with Crippen LogP contribution in [0.1, 0.15) is 0 Å². The average Bonchev–Trinajstić information content (AvgIpc) is 3.95. The van der Waals surface area contributed by atoms with Crippen molar-refractivity contribution in [2.45, 2.75) is 0 Å². The molecule has 2 heterocycles. The Bertz CT molecular complexity index is 3500. The Hall–Kier alpha value is -8.40. The molecule has 3 nitrogen and oxygen atoms in total. The molecule has 0 saturated carbocycles. The van der Waals surface area contributed by atoms with Gasteiger partial charge >= 0.3 is 0 Å². The summed E-state index contributed by atoms with van der Waals surface area (Å²) in [6, 6.07) is 83.9. The SMILES string of the molecule is c1ccc(-c2ccc(N(c3ccc(-c4ccccc4)cc3)c3ccc(-c4cccc(-c5cccc6c5oc5c(-c7cccc8c7oc7ccccc78)cccc56)c4)cc3)cc2)cc1. The Morgan fingerprint density at radius 1 is 0.238 bits per heavy atom. The minimum atomic E-state index is 0.855. The van der Waals surface area contributed by atoms with Gasteiger partial charge < -0.3 is 13.7 Å². The molecule has 0 aliphatic rings. The van der Waals surface area contributed by atoms with Gasteiger partial charge in [-0.25, -0.2) is 0 Å². The highest BCUT2D eigenvalue weighted by molar-refractivity contribution is 6.16. The molecule has 0 radical (unpaired) electrons. The fourth-order valence-corrected chi connectivity index (χ4v) is 9.20. The molecule has 0 aliphatic heterocycles. The summed E-state index contributed by atoms with van der Waals surface area (Å²) in [4.78, 5) is 2.33. The monoisotopic (exact) mass is 805 g/mol. The van der Waals surface area contributed by atoms with E-state index in [-0.39, 0.29) is 0 Å². The van der Waals surface area contributed by atoms with Crippen LogP contribution in [-0.4, -0.2) is 0 Å². The van der Waals surface area contributed by atoms with Gasteiger partial charge in [0.05, 0.1) is 0 Å². The van der Waals surface area contributed by atoms with Gasteiger partial charge in [-0.05, 0) is 87.5 Å². The lowest BCUT2D eigenvalue weighted by Gasteiger charge is -2.26. The maximum atomic E-state index is 6.94. The van der Waals surface area contributed by atoms with E-state index in [0.29, 0.717) is 0 Å². The fourth-order valence-electron chi connectivity index (χ4n) is 9.20. The standard InChI is InChI=1S/C60H39NO2/c1-3-13-40(14-4-1)42-27-33-47(34-28-42)61(48-35-29-43(30-36-48)41-15-5-2-6-16-41)49-37-31-44(32-38-49)45-17-9-18-46(39-45)50-20-10-22-53-55-24-12-25-56(60(55)63-58(50)53)54-23-11-21-52-51-19-7-8-26-57(51)62-59(52)54/h1-39H. The van der Waals surface area contributed by atoms with Crippen LogP contribution in [0.4, 0.5) is 17.1 Å². The molecule has 3 heteroatoms. The molecular weight excluding hydrogens is 767 g/mol. The van der Waals surface area contributed by atoms with E-state index in [1.54, 1.807) is 0 Å². The highest BCUT2D eigenvalue weighted by atomic mass is 16.3. The zero-order valence-corrected chi connectivity index (χ0v) is 34.3. The minimum Gasteiger partial charge on any atom is -0.455 e. The van der Waals surface area contributed by atoms with Crippen molar-refractivity contribution in [1.29, 1.82) is 0 Å². The molecule has 12 rings (SSSR count). The second-order valence-corrected chi connectivity index (χ2v) is 16.0. The summed E-state index contributed by atoms with van der Waals surface area (Å²) >= 11 is 0. The van der Waals surface area contributed by atoms with E-state index < -0.39 is 0 Å². The van der Waals surface area contributed by atoms with Crippen molar-refractivity contribution in [3.05, 3.63) is 237 Å². The van der Waals surface area contributed by atoms with E-state index in [9.17, 15) is 0 Å². The summed E-state index contributed by atoms with van der Waals surface area (Å²) in [5.41, 5.74) is 18.0. The van der Waals surface area contributed by atoms with Crippen LogP contribution in [0.2, 0.25) is 0 Å². The fraction of sp³-hybridized carbons (Fsp3) is 0. The summed E-state index contributed by atoms with van der Waals surface area (Å²) in [7, 11) is 0. The van der Waals surface area contributed by atoms with E-state index in [1.165, 1.54) is 22.3 Å². The predicted octanol–water partition coefficient (Wildman–Crippen LogP) is 17.3. The van der Waals surface area contributed by atoms with Crippen LogP contribution >= 0.6 is 0 Å². The number of fused-ring (bicyclic) bond motifs is 6. The van der Waals surface area contributed by atoms with Gasteiger partial charge in [0.15, 0.2) is 0 Å². The Kier molecular flexibility index (Phi) is 8.83. The van der Waals surface area contributed by atoms with Crippen LogP contribution in [0.5, 0.6) is 0 Å². The smallest absolute Gasteiger partial charge is 0.143 e. The van der Waals surface area contributed by atoms with Crippen molar-refractivity contribution in [2.24, 2.45) is 0 Å². The number of furan rings is 2. The molecule has 0 saturated heterocycles. The molecule has 0 unspecified atom stereocenters. The lowest BCUT2D eigenvalue weighted by molar-refractivity contribution is 0.665. The first-order valence-corrected chi connectivity index (χ1v) is 21.4. The topological polar surface area (TPSA) is 29.5 Å². The molecule has 0 atom stereocenters. The van der Waals surface area contributed by atoms with Gasteiger partial charge in [0.25, 0.3) is 0 Å². The van der Waals surface area contributed by atoms with Crippen molar-refractivity contribution < 1.29 is 8.83 Å². The van der Waals surface area contributed by atoms with Crippen molar-refractivity contribution in [3.63, 3.8) is 0 Å². The number of hydrogen-bond donors (Lipinski definition) is 0. The molecule has 12 aromatic rings. The first-order valence-electron chi connectivity index (χ1n) is 21.4. The summed E-state index contributed by atoms with van der Waals surface area (Å²) < 4.78 is 13.4. The second-order valence-electron chi connectivity index (χ2n) is 16.0. The minimum absolute atomic E-state index is 0.855. The molecule has 0 aliphatic carbocycles. The third-order valence-electron chi connectivity index (χ3n) is 12.3. The number of rotatable bonds is 8. The molecule has 0 amide bonds. The summed E-state index contributed by atoms with van der Waals surface area (Å²) in [5.74, 6) is 0. The molecule has 10 aromatic carbocycles. The van der Waals surface area contributed by atoms with Gasteiger partial charge in [-0.15, -0.1) is 0 Å². The first-order chi connectivity index (χ1) is 31.2. The van der Waals surface area contributed by atoms with Crippen molar-refractivity contribution >= 4 is 60.9 Å². The van der Waals surface area contributed by atoms with Crippen LogP contribution in [0, 0.1) is 0 Å². The summed E-state index contributed by atoms with van der Waals surface area (Å²) in [5, 5.41) is 4.38. The first kappa shape index (κ1) is 36.5. The Labute approximate surface area is 365 Å². The lowest BCUT2D eigenvalue weighted by atomic mass is 9.97. The van der Waals surface area contributed by atoms with Gasteiger partial charge in [0.2, 0.25) is 0 Å². The van der Waals surface area contributed by atoms with Crippen LogP contribution in [-0.2, 0) is 0 Å². The Balaban J connectivity index is 0.902. The Morgan fingerprint density at radius 3 is 1.16 bits per heavy atom. The van der Waals surface area contributed by atoms with Crippen molar-refractivity contribution in [2.75, 3.05) is 4.90 Å². The lowest BCUT2D eigenvalue weighted by Crippen LogP contribution is -2.09. The number of anilines is 3. The average molecular weight is 806 g/mol. The summed E-state index contributed by atoms with van der Waals surface area (Å²) in [6.45, 7) is 0. The zero-order valence-electron chi connectivity index (χ0n) is 34.3. The highest BCUT2D eigenvalue weighted by Crippen LogP contribution is 2.44. The number of hydrogen-bond acceptors (Lipinski definition) is 3. The third-order valence-corrected chi connectivity index (χ3v) is 12.3. The van der Waals surface area contributed by atoms with E-state index in [4.69, 9.17) is 8.83 Å². The Morgan fingerprint density at radius 2 is 0.603 bits per heavy atom. The van der Waals surface area contributed by atoms with Gasteiger partial charge in [-0.2, -0.15) is 0 Å². The predicted molar refractivity (Wildman–Crippen MR) is 263 cm³/mol. The molecular formula is C60H39NO2. The third kappa shape index (κ3) is 6.46. The van der Waals surface area contributed by atoms with Crippen LogP contribution < -0.4 is 4.90 Å². The highest BCUT2D eigenvalue weighted by Gasteiger charge is 2.20. The molecule has 2 aromatic heterocycles. The summed E-state index contributed by atoms with van der Waals surface area (Å²) in [6.07, 6.45) is 0. The maximum Gasteiger partial charge on any atom is 0.143 e. The van der Waals surface area contributed by atoms with Gasteiger partial charge in [-0.1, -0.05) is 188 Å². The largest absolute Gasteiger partial charge is 0.455 e. The maximum absolute atomic E-state index is 6.94. The molecule has 0 fully saturated rings. The normalized spacial score (nSPS) is 11.5. The number of nitrogens with zero attached hydrogens (tertiary/aromatic N) is 1. The van der Waals surface area contributed by atoms with Crippen LogP contribution in [0.15, 0.2) is 245 Å². The quantitative estimate of drug-likeness (QED) is 0.153. The van der Waals surface area contributed by atoms with E-state index in [2.05, 4.69) is 229 Å². The molecule has 0 N–H and O–H groups in total. The van der Waals surface area contributed by atoms with Crippen LogP contribution in [0.3, 0.4) is 0 Å². The molecule has 0 bridgehead atoms. The van der Waals surface area contributed by atoms with Crippen molar-refractivity contribution in [1.82, 2.24) is 0 Å². The van der Waals surface area contributed by atoms with Gasteiger partial charge in [0, 0.05) is 55.3 Å². The van der Waals surface area contributed by atoms with E-state index in [0.717, 1.165) is 94.3 Å². The van der Waals surface area contributed by atoms with Gasteiger partial charge in [-0.3, -0.25) is 0 Å².